The van der Waals surface area contributed by atoms with Crippen molar-refractivity contribution in [3.05, 3.63) is 105 Å². The molecule has 2 unspecified atom stereocenters. The summed E-state index contributed by atoms with van der Waals surface area (Å²) in [5.74, 6) is -0.884. The SMILES string of the molecule is CN1CC(c2ccc(Br)cc2)C2(Cc3ccccc3C2=O)C12C(=O)c1ccccc1C2=O. The standard InChI is InChI=1S/C27H20BrNO3/c1-29-15-22(16-10-12-18(28)13-11-16)26(14-17-6-2-3-7-19(17)23(26)30)27(29)24(31)20-8-4-5-9-21(20)25(27)32/h2-13,22H,14-15H2,1H3. The van der Waals surface area contributed by atoms with Gasteiger partial charge in [-0.2, -0.15) is 0 Å². The maximum atomic E-state index is 14.3. The maximum Gasteiger partial charge on any atom is 0.192 e. The number of halogens is 1. The first-order valence-corrected chi connectivity index (χ1v) is 11.5. The predicted molar refractivity (Wildman–Crippen MR) is 124 cm³/mol. The van der Waals surface area contributed by atoms with Crippen LogP contribution in [-0.2, 0) is 6.42 Å². The number of hydrogen-bond donors (Lipinski definition) is 0. The summed E-state index contributed by atoms with van der Waals surface area (Å²) >= 11 is 3.49. The number of carbonyl (C=O) groups is 3. The van der Waals surface area contributed by atoms with Gasteiger partial charge in [0.15, 0.2) is 22.9 Å². The molecule has 2 aliphatic carbocycles. The van der Waals surface area contributed by atoms with E-state index in [0.29, 0.717) is 29.7 Å². The first-order valence-electron chi connectivity index (χ1n) is 10.7. The topological polar surface area (TPSA) is 54.5 Å². The van der Waals surface area contributed by atoms with Gasteiger partial charge in [0.2, 0.25) is 0 Å². The van der Waals surface area contributed by atoms with Gasteiger partial charge in [-0.3, -0.25) is 19.3 Å². The van der Waals surface area contributed by atoms with E-state index < -0.39 is 11.0 Å². The minimum absolute atomic E-state index is 0.0973. The molecule has 4 nitrogen and oxygen atoms in total. The van der Waals surface area contributed by atoms with Crippen molar-refractivity contribution in [1.29, 1.82) is 0 Å². The second-order valence-electron chi connectivity index (χ2n) is 9.03. The lowest BCUT2D eigenvalue weighted by Gasteiger charge is -2.42. The quantitative estimate of drug-likeness (QED) is 0.468. The molecule has 1 aliphatic heterocycles. The molecule has 3 aliphatic rings. The number of Topliss-reactive ketones (excluding diaryl/α,β-unsaturated/α-hetero) is 3. The normalized spacial score (nSPS) is 25.7. The number of benzene rings is 3. The molecule has 1 saturated heterocycles. The molecule has 0 saturated carbocycles. The zero-order valence-corrected chi connectivity index (χ0v) is 19.1. The Balaban J connectivity index is 1.66. The van der Waals surface area contributed by atoms with Gasteiger partial charge in [-0.25, -0.2) is 0 Å². The summed E-state index contributed by atoms with van der Waals surface area (Å²) in [7, 11) is 1.82. The Labute approximate surface area is 194 Å². The van der Waals surface area contributed by atoms with Crippen molar-refractivity contribution in [3.8, 4) is 0 Å². The van der Waals surface area contributed by atoms with Crippen molar-refractivity contribution in [2.24, 2.45) is 5.41 Å². The number of likely N-dealkylation sites (tertiary alicyclic amines) is 1. The molecule has 0 N–H and O–H groups in total. The van der Waals surface area contributed by atoms with Crippen molar-refractivity contribution in [3.63, 3.8) is 0 Å². The first-order chi connectivity index (χ1) is 15.4. The monoisotopic (exact) mass is 485 g/mol. The van der Waals surface area contributed by atoms with Gasteiger partial charge in [-0.15, -0.1) is 0 Å². The summed E-state index contributed by atoms with van der Waals surface area (Å²) in [6.45, 7) is 0.451. The van der Waals surface area contributed by atoms with Gasteiger partial charge in [-0.05, 0) is 36.7 Å². The molecule has 0 aromatic heterocycles. The van der Waals surface area contributed by atoms with Gasteiger partial charge in [0.25, 0.3) is 0 Å². The van der Waals surface area contributed by atoms with E-state index >= 15 is 0 Å². The highest BCUT2D eigenvalue weighted by molar-refractivity contribution is 9.10. The second kappa shape index (κ2) is 6.56. The molecular formula is C27H20BrNO3. The molecule has 0 radical (unpaired) electrons. The Morgan fingerprint density at radius 3 is 1.94 bits per heavy atom. The first kappa shape index (κ1) is 19.8. The molecule has 158 valence electrons. The fourth-order valence-corrected chi connectivity index (χ4v) is 6.72. The molecule has 3 aromatic rings. The Bertz CT molecular complexity index is 1290. The lowest BCUT2D eigenvalue weighted by atomic mass is 9.59. The van der Waals surface area contributed by atoms with E-state index in [1.54, 1.807) is 24.3 Å². The summed E-state index contributed by atoms with van der Waals surface area (Å²) < 4.78 is 0.942. The lowest BCUT2D eigenvalue weighted by Crippen LogP contribution is -2.63. The van der Waals surface area contributed by atoms with E-state index in [4.69, 9.17) is 0 Å². The summed E-state index contributed by atoms with van der Waals surface area (Å²) in [5.41, 5.74) is 0.617. The Kier molecular flexibility index (Phi) is 4.05. The molecular weight excluding hydrogens is 466 g/mol. The number of hydrogen-bond acceptors (Lipinski definition) is 4. The highest BCUT2D eigenvalue weighted by Gasteiger charge is 2.77. The molecule has 2 atom stereocenters. The molecule has 5 heteroatoms. The highest BCUT2D eigenvalue weighted by atomic mass is 79.9. The van der Waals surface area contributed by atoms with E-state index in [1.165, 1.54) is 0 Å². The second-order valence-corrected chi connectivity index (χ2v) is 9.95. The van der Waals surface area contributed by atoms with Crippen LogP contribution in [0.25, 0.3) is 0 Å². The van der Waals surface area contributed by atoms with Crippen LogP contribution in [0.5, 0.6) is 0 Å². The van der Waals surface area contributed by atoms with Crippen LogP contribution in [0.1, 0.15) is 48.1 Å². The third-order valence-electron chi connectivity index (χ3n) is 7.75. The minimum atomic E-state index is -1.54. The van der Waals surface area contributed by atoms with Gasteiger partial charge in [0.1, 0.15) is 0 Å². The fraction of sp³-hybridized carbons (Fsp3) is 0.222. The average Bonchev–Trinajstić information content (AvgIpc) is 3.34. The number of ketones is 3. The van der Waals surface area contributed by atoms with Crippen molar-refractivity contribution < 1.29 is 14.4 Å². The van der Waals surface area contributed by atoms with Gasteiger partial charge in [0, 0.05) is 33.6 Å². The van der Waals surface area contributed by atoms with Gasteiger partial charge in [0.05, 0.1) is 5.41 Å². The van der Waals surface area contributed by atoms with Gasteiger partial charge in [-0.1, -0.05) is 76.6 Å². The molecule has 3 aromatic carbocycles. The van der Waals surface area contributed by atoms with Gasteiger partial charge < -0.3 is 0 Å². The van der Waals surface area contributed by atoms with E-state index in [1.807, 2.05) is 60.5 Å². The molecule has 0 amide bonds. The minimum Gasteiger partial charge on any atom is -0.293 e. The van der Waals surface area contributed by atoms with Crippen molar-refractivity contribution in [2.75, 3.05) is 13.6 Å². The summed E-state index contributed by atoms with van der Waals surface area (Å²) in [6, 6.07) is 22.4. The van der Waals surface area contributed by atoms with Crippen LogP contribution in [-0.4, -0.2) is 41.4 Å². The fourth-order valence-electron chi connectivity index (χ4n) is 6.46. The molecule has 0 bridgehead atoms. The van der Waals surface area contributed by atoms with Crippen LogP contribution in [0.3, 0.4) is 0 Å². The third-order valence-corrected chi connectivity index (χ3v) is 8.28. The number of rotatable bonds is 1. The Morgan fingerprint density at radius 2 is 1.34 bits per heavy atom. The summed E-state index contributed by atoms with van der Waals surface area (Å²) in [5, 5.41) is 0. The highest BCUT2D eigenvalue weighted by Crippen LogP contribution is 2.63. The molecule has 1 heterocycles. The van der Waals surface area contributed by atoms with Crippen LogP contribution in [0, 0.1) is 5.41 Å². The Morgan fingerprint density at radius 1 is 0.781 bits per heavy atom. The van der Waals surface area contributed by atoms with Crippen molar-refractivity contribution in [2.45, 2.75) is 17.9 Å². The number of nitrogens with zero attached hydrogens (tertiary/aromatic N) is 1. The summed E-state index contributed by atoms with van der Waals surface area (Å²) in [6.07, 6.45) is 0.374. The van der Waals surface area contributed by atoms with Crippen LogP contribution < -0.4 is 0 Å². The number of carbonyl (C=O) groups excluding carboxylic acids is 3. The predicted octanol–water partition coefficient (Wildman–Crippen LogP) is 4.72. The maximum absolute atomic E-state index is 14.3. The molecule has 1 fully saturated rings. The number of likely N-dealkylation sites (N-methyl/N-ethyl adjacent to an activating group) is 1. The van der Waals surface area contributed by atoms with Crippen LogP contribution in [0.4, 0.5) is 0 Å². The lowest BCUT2D eigenvalue weighted by molar-refractivity contribution is 0.0340. The smallest absolute Gasteiger partial charge is 0.192 e. The van der Waals surface area contributed by atoms with E-state index in [0.717, 1.165) is 15.6 Å². The van der Waals surface area contributed by atoms with E-state index in [9.17, 15) is 14.4 Å². The van der Waals surface area contributed by atoms with Crippen LogP contribution >= 0.6 is 15.9 Å². The molecule has 32 heavy (non-hydrogen) atoms. The largest absolute Gasteiger partial charge is 0.293 e. The van der Waals surface area contributed by atoms with Crippen LogP contribution in [0.2, 0.25) is 0 Å². The zero-order valence-electron chi connectivity index (χ0n) is 17.5. The zero-order chi connectivity index (χ0) is 22.3. The average molecular weight is 486 g/mol. The summed E-state index contributed by atoms with van der Waals surface area (Å²) in [4.78, 5) is 44.4. The van der Waals surface area contributed by atoms with E-state index in [-0.39, 0.29) is 23.3 Å². The third kappa shape index (κ3) is 2.13. The van der Waals surface area contributed by atoms with Crippen molar-refractivity contribution >= 4 is 33.3 Å². The van der Waals surface area contributed by atoms with Gasteiger partial charge >= 0.3 is 0 Å². The molecule has 6 rings (SSSR count). The Hall–Kier alpha value is -2.89. The van der Waals surface area contributed by atoms with E-state index in [2.05, 4.69) is 15.9 Å². The van der Waals surface area contributed by atoms with Crippen molar-refractivity contribution in [1.82, 2.24) is 4.90 Å². The molecule has 2 spiro atoms. The number of fused-ring (bicyclic) bond motifs is 3. The van der Waals surface area contributed by atoms with Crippen LogP contribution in [0.15, 0.2) is 77.3 Å².